The first kappa shape index (κ1) is 19.8. The largest absolute Gasteiger partial charge is 0.406 e. The van der Waals surface area contributed by atoms with Crippen LogP contribution >= 0.6 is 0 Å². The smallest absolute Gasteiger partial charge is 0.330 e. The molecule has 0 atom stereocenters. The number of benzene rings is 2. The molecule has 3 nitrogen and oxygen atoms in total. The van der Waals surface area contributed by atoms with Crippen molar-refractivity contribution in [2.24, 2.45) is 0 Å². The monoisotopic (exact) mass is 390 g/mol. The number of fused-ring (bicyclic) bond motifs is 1. The Bertz CT molecular complexity index is 984. The average molecular weight is 390 g/mol. The van der Waals surface area contributed by atoms with E-state index in [4.69, 9.17) is 0 Å². The number of carbonyl (C=O) groups is 1. The van der Waals surface area contributed by atoms with Gasteiger partial charge in [-0.05, 0) is 42.8 Å². The minimum atomic E-state index is -4.49. The van der Waals surface area contributed by atoms with Crippen LogP contribution in [0.3, 0.4) is 0 Å². The highest BCUT2D eigenvalue weighted by Gasteiger charge is 2.33. The third-order valence-electron chi connectivity index (χ3n) is 4.24. The zero-order valence-electron chi connectivity index (χ0n) is 15.1. The first-order valence-electron chi connectivity index (χ1n) is 8.80. The van der Waals surface area contributed by atoms with Crippen LogP contribution in [-0.2, 0) is 0 Å². The molecule has 0 aliphatic heterocycles. The Morgan fingerprint density at radius 3 is 2.39 bits per heavy atom. The van der Waals surface area contributed by atoms with E-state index in [-0.39, 0.29) is 12.1 Å². The second-order valence-electron chi connectivity index (χ2n) is 6.42. The molecule has 1 amide bonds. The summed E-state index contributed by atoms with van der Waals surface area (Å²) in [5.41, 5.74) is 1.59. The van der Waals surface area contributed by atoms with Gasteiger partial charge in [-0.2, -0.15) is 13.2 Å². The third kappa shape index (κ3) is 4.47. The number of rotatable bonds is 5. The summed E-state index contributed by atoms with van der Waals surface area (Å²) in [4.78, 5) is 18.3. The molecule has 3 aromatic rings. The molecule has 0 bridgehead atoms. The molecule has 0 spiro atoms. The minimum absolute atomic E-state index is 0.0130. The van der Waals surface area contributed by atoms with Crippen LogP contribution in [-0.4, -0.2) is 35.1 Å². The van der Waals surface area contributed by atoms with Gasteiger partial charge in [-0.25, -0.2) is 9.37 Å². The van der Waals surface area contributed by atoms with Gasteiger partial charge in [-0.3, -0.25) is 4.79 Å². The predicted octanol–water partition coefficient (Wildman–Crippen LogP) is 5.46. The summed E-state index contributed by atoms with van der Waals surface area (Å²) in [7, 11) is 0. The second-order valence-corrected chi connectivity index (χ2v) is 6.42. The van der Waals surface area contributed by atoms with Crippen LogP contribution in [0.5, 0.6) is 0 Å². The molecule has 146 valence electrons. The van der Waals surface area contributed by atoms with Crippen molar-refractivity contribution in [3.8, 4) is 11.3 Å². The molecule has 28 heavy (non-hydrogen) atoms. The van der Waals surface area contributed by atoms with E-state index in [0.717, 1.165) is 4.90 Å². The number of amides is 1. The van der Waals surface area contributed by atoms with Gasteiger partial charge in [-0.15, -0.1) is 0 Å². The molecule has 3 rings (SSSR count). The maximum absolute atomic E-state index is 13.2. The zero-order chi connectivity index (χ0) is 20.3. The molecule has 0 saturated heterocycles. The number of carbonyl (C=O) groups excluding carboxylic acids is 1. The lowest BCUT2D eigenvalue weighted by Gasteiger charge is -2.24. The SMILES string of the molecule is CCCN(CC(F)(F)F)C(=O)c1cc(-c2ccc(F)cc2)nc2ccccc12. The van der Waals surface area contributed by atoms with Gasteiger partial charge >= 0.3 is 6.18 Å². The fraction of sp³-hybridized carbons (Fsp3) is 0.238. The van der Waals surface area contributed by atoms with Crippen LogP contribution in [0.15, 0.2) is 54.6 Å². The maximum Gasteiger partial charge on any atom is 0.406 e. The molecule has 0 aliphatic carbocycles. The molecule has 1 aromatic heterocycles. The van der Waals surface area contributed by atoms with Crippen molar-refractivity contribution in [3.63, 3.8) is 0 Å². The number of para-hydroxylation sites is 1. The first-order chi connectivity index (χ1) is 13.3. The molecule has 2 aromatic carbocycles. The van der Waals surface area contributed by atoms with Gasteiger partial charge in [0.2, 0.25) is 0 Å². The molecule has 0 N–H and O–H groups in total. The van der Waals surface area contributed by atoms with E-state index in [1.165, 1.54) is 30.3 Å². The lowest BCUT2D eigenvalue weighted by Crippen LogP contribution is -2.39. The molecule has 0 saturated carbocycles. The fourth-order valence-corrected chi connectivity index (χ4v) is 3.03. The summed E-state index contributed by atoms with van der Waals surface area (Å²) in [5, 5.41) is 0.474. The number of hydrogen-bond acceptors (Lipinski definition) is 2. The van der Waals surface area contributed by atoms with E-state index < -0.39 is 24.4 Å². The summed E-state index contributed by atoms with van der Waals surface area (Å²) in [5.74, 6) is -1.12. The molecule has 0 fully saturated rings. The van der Waals surface area contributed by atoms with Crippen molar-refractivity contribution in [1.82, 2.24) is 9.88 Å². The molecule has 0 aliphatic rings. The lowest BCUT2D eigenvalue weighted by molar-refractivity contribution is -0.140. The summed E-state index contributed by atoms with van der Waals surface area (Å²) in [6.45, 7) is 0.383. The molecule has 1 heterocycles. The molecule has 7 heteroatoms. The van der Waals surface area contributed by atoms with E-state index in [9.17, 15) is 22.4 Å². The average Bonchev–Trinajstić information content (AvgIpc) is 2.66. The van der Waals surface area contributed by atoms with Gasteiger partial charge in [0.15, 0.2) is 0 Å². The number of alkyl halides is 3. The topological polar surface area (TPSA) is 33.2 Å². The molecular weight excluding hydrogens is 372 g/mol. The third-order valence-corrected chi connectivity index (χ3v) is 4.24. The summed E-state index contributed by atoms with van der Waals surface area (Å²) < 4.78 is 52.1. The van der Waals surface area contributed by atoms with Gasteiger partial charge in [0.25, 0.3) is 5.91 Å². The van der Waals surface area contributed by atoms with E-state index in [2.05, 4.69) is 4.98 Å². The predicted molar refractivity (Wildman–Crippen MR) is 99.4 cm³/mol. The van der Waals surface area contributed by atoms with Crippen LogP contribution in [0.1, 0.15) is 23.7 Å². The van der Waals surface area contributed by atoms with Crippen LogP contribution in [0.25, 0.3) is 22.2 Å². The maximum atomic E-state index is 13.2. The summed E-state index contributed by atoms with van der Waals surface area (Å²) in [6.07, 6.45) is -4.09. The van der Waals surface area contributed by atoms with Crippen molar-refractivity contribution in [2.45, 2.75) is 19.5 Å². The standard InChI is InChI=1S/C21H18F4N2O/c1-2-11-27(13-21(23,24)25)20(28)17-12-19(14-7-9-15(22)10-8-14)26-18-6-4-3-5-16(17)18/h3-10,12H,2,11,13H2,1H3. The number of pyridine rings is 1. The van der Waals surface area contributed by atoms with Gasteiger partial charge in [-0.1, -0.05) is 25.1 Å². The lowest BCUT2D eigenvalue weighted by atomic mass is 10.0. The molecule has 0 unspecified atom stereocenters. The Balaban J connectivity index is 2.12. The van der Waals surface area contributed by atoms with Crippen molar-refractivity contribution in [2.75, 3.05) is 13.1 Å². The van der Waals surface area contributed by atoms with Gasteiger partial charge in [0, 0.05) is 17.5 Å². The number of halogens is 4. The number of nitrogens with zero attached hydrogens (tertiary/aromatic N) is 2. The highest BCUT2D eigenvalue weighted by atomic mass is 19.4. The van der Waals surface area contributed by atoms with Gasteiger partial charge < -0.3 is 4.90 Å². The quantitative estimate of drug-likeness (QED) is 0.543. The van der Waals surface area contributed by atoms with E-state index in [1.54, 1.807) is 31.2 Å². The second kappa shape index (κ2) is 7.96. The minimum Gasteiger partial charge on any atom is -0.330 e. The number of hydrogen-bond donors (Lipinski definition) is 0. The van der Waals surface area contributed by atoms with Crippen LogP contribution in [0, 0.1) is 5.82 Å². The normalized spacial score (nSPS) is 11.6. The highest BCUT2D eigenvalue weighted by molar-refractivity contribution is 6.07. The Morgan fingerprint density at radius 2 is 1.75 bits per heavy atom. The van der Waals surface area contributed by atoms with Crippen molar-refractivity contribution < 1.29 is 22.4 Å². The van der Waals surface area contributed by atoms with Crippen molar-refractivity contribution in [1.29, 1.82) is 0 Å². The summed E-state index contributed by atoms with van der Waals surface area (Å²) in [6, 6.07) is 13.8. The molecule has 0 radical (unpaired) electrons. The Labute approximate surface area is 159 Å². The fourth-order valence-electron chi connectivity index (χ4n) is 3.03. The van der Waals surface area contributed by atoms with Crippen LogP contribution < -0.4 is 0 Å². The van der Waals surface area contributed by atoms with E-state index in [0.29, 0.717) is 28.6 Å². The number of aromatic nitrogens is 1. The van der Waals surface area contributed by atoms with E-state index in [1.807, 2.05) is 0 Å². The highest BCUT2D eigenvalue weighted by Crippen LogP contribution is 2.27. The van der Waals surface area contributed by atoms with Crippen LogP contribution in [0.2, 0.25) is 0 Å². The Morgan fingerprint density at radius 1 is 1.07 bits per heavy atom. The molecular formula is C21H18F4N2O. The van der Waals surface area contributed by atoms with Gasteiger partial charge in [0.1, 0.15) is 12.4 Å². The van der Waals surface area contributed by atoms with Crippen LogP contribution in [0.4, 0.5) is 17.6 Å². The van der Waals surface area contributed by atoms with Crippen molar-refractivity contribution >= 4 is 16.8 Å². The Hall–Kier alpha value is -2.96. The summed E-state index contributed by atoms with van der Waals surface area (Å²) >= 11 is 0. The Kier molecular flexibility index (Phi) is 5.63. The van der Waals surface area contributed by atoms with E-state index >= 15 is 0 Å². The first-order valence-corrected chi connectivity index (χ1v) is 8.80. The zero-order valence-corrected chi connectivity index (χ0v) is 15.1. The van der Waals surface area contributed by atoms with Gasteiger partial charge in [0.05, 0.1) is 16.8 Å². The van der Waals surface area contributed by atoms with Crippen molar-refractivity contribution in [3.05, 3.63) is 66.0 Å².